The lowest BCUT2D eigenvalue weighted by molar-refractivity contribution is -0.194. The van der Waals surface area contributed by atoms with E-state index in [0.717, 1.165) is 5.56 Å². The molecule has 0 fully saturated rings. The van der Waals surface area contributed by atoms with Gasteiger partial charge in [0.15, 0.2) is 11.5 Å². The third-order valence-corrected chi connectivity index (χ3v) is 2.54. The molecule has 4 heteroatoms. The van der Waals surface area contributed by atoms with Gasteiger partial charge in [0.1, 0.15) is 6.61 Å². The minimum atomic E-state index is -0.189. The normalized spacial score (nSPS) is 15.6. The van der Waals surface area contributed by atoms with Crippen LogP contribution in [0.1, 0.15) is 22.8 Å². The number of Topliss-reactive ketones (excluding diaryl/α,β-unsaturated/α-hetero) is 1. The molecule has 80 valence electrons. The Balaban J connectivity index is 2.26. The highest BCUT2D eigenvalue weighted by molar-refractivity contribution is 6.00. The quantitative estimate of drug-likeness (QED) is 0.599. The van der Waals surface area contributed by atoms with Crippen molar-refractivity contribution in [2.24, 2.45) is 0 Å². The van der Waals surface area contributed by atoms with Crippen LogP contribution in [0.3, 0.4) is 0 Å². The number of rotatable bonds is 3. The summed E-state index contributed by atoms with van der Waals surface area (Å²) >= 11 is 0. The maximum absolute atomic E-state index is 11.8. The molecule has 1 N–H and O–H groups in total. The van der Waals surface area contributed by atoms with Gasteiger partial charge in [0.2, 0.25) is 0 Å². The third kappa shape index (κ3) is 1.86. The zero-order valence-corrected chi connectivity index (χ0v) is 8.74. The van der Waals surface area contributed by atoms with Crippen molar-refractivity contribution in [2.75, 3.05) is 7.05 Å². The maximum Gasteiger partial charge on any atom is 0.179 e. The largest absolute Gasteiger partial charge is 0.337 e. The van der Waals surface area contributed by atoms with Crippen molar-refractivity contribution in [1.29, 1.82) is 0 Å². The molecule has 1 aromatic carbocycles. The number of carbonyl (C=O) groups excluding carboxylic acids is 1. The number of ketones is 1. The molecule has 0 aliphatic carbocycles. The lowest BCUT2D eigenvalue weighted by Crippen LogP contribution is -2.30. The van der Waals surface area contributed by atoms with E-state index in [1.165, 1.54) is 0 Å². The number of nitrogens with one attached hydrogen (secondary N) is 1. The van der Waals surface area contributed by atoms with Crippen molar-refractivity contribution in [2.45, 2.75) is 19.6 Å². The molecule has 0 radical (unpaired) electrons. The van der Waals surface area contributed by atoms with Crippen LogP contribution in [0.15, 0.2) is 18.2 Å². The smallest absolute Gasteiger partial charge is 0.179 e. The average molecular weight is 207 g/mol. The zero-order valence-electron chi connectivity index (χ0n) is 8.74. The van der Waals surface area contributed by atoms with Gasteiger partial charge in [-0.05, 0) is 20.0 Å². The summed E-state index contributed by atoms with van der Waals surface area (Å²) in [5.41, 5.74) is 1.62. The lowest BCUT2D eigenvalue weighted by Gasteiger charge is -2.08. The van der Waals surface area contributed by atoms with Crippen molar-refractivity contribution in [3.05, 3.63) is 29.3 Å². The first-order valence-corrected chi connectivity index (χ1v) is 4.86. The molecule has 0 aromatic heterocycles. The van der Waals surface area contributed by atoms with E-state index in [1.54, 1.807) is 19.2 Å². The van der Waals surface area contributed by atoms with Crippen molar-refractivity contribution < 1.29 is 14.6 Å². The van der Waals surface area contributed by atoms with Crippen LogP contribution in [0.4, 0.5) is 0 Å². The molecular formula is C11H13NO3. The van der Waals surface area contributed by atoms with Gasteiger partial charge in [-0.2, -0.15) is 4.89 Å². The van der Waals surface area contributed by atoms with Crippen LogP contribution in [0.2, 0.25) is 0 Å². The van der Waals surface area contributed by atoms with E-state index in [9.17, 15) is 4.79 Å². The molecule has 1 unspecified atom stereocenters. The van der Waals surface area contributed by atoms with Gasteiger partial charge in [-0.15, -0.1) is 0 Å². The lowest BCUT2D eigenvalue weighted by atomic mass is 10.0. The molecule has 0 bridgehead atoms. The van der Waals surface area contributed by atoms with Gasteiger partial charge >= 0.3 is 0 Å². The van der Waals surface area contributed by atoms with E-state index in [-0.39, 0.29) is 11.8 Å². The topological polar surface area (TPSA) is 47.6 Å². The number of benzene rings is 1. The van der Waals surface area contributed by atoms with Gasteiger partial charge in [-0.25, -0.2) is 0 Å². The van der Waals surface area contributed by atoms with Gasteiger partial charge in [0.25, 0.3) is 0 Å². The van der Waals surface area contributed by atoms with Gasteiger partial charge < -0.3 is 10.2 Å². The molecule has 1 aliphatic heterocycles. The Labute approximate surface area is 88.1 Å². The summed E-state index contributed by atoms with van der Waals surface area (Å²) in [4.78, 5) is 21.6. The Hall–Kier alpha value is -1.39. The number of hydrogen-bond acceptors (Lipinski definition) is 4. The number of fused-ring (bicyclic) bond motifs is 1. The predicted octanol–water partition coefficient (Wildman–Crippen LogP) is 1.30. The molecule has 0 saturated heterocycles. The van der Waals surface area contributed by atoms with Gasteiger partial charge in [0.05, 0.1) is 6.04 Å². The molecule has 0 saturated carbocycles. The monoisotopic (exact) mass is 207 g/mol. The fourth-order valence-corrected chi connectivity index (χ4v) is 1.44. The van der Waals surface area contributed by atoms with Crippen LogP contribution in [0.25, 0.3) is 0 Å². The highest BCUT2D eigenvalue weighted by Gasteiger charge is 2.18. The van der Waals surface area contributed by atoms with Crippen LogP contribution >= 0.6 is 0 Å². The van der Waals surface area contributed by atoms with Gasteiger partial charge in [0, 0.05) is 11.1 Å². The average Bonchev–Trinajstić information content (AvgIpc) is 2.73. The van der Waals surface area contributed by atoms with Crippen LogP contribution in [0.5, 0.6) is 5.75 Å². The molecule has 1 heterocycles. The number of carbonyl (C=O) groups is 1. The molecule has 0 spiro atoms. The van der Waals surface area contributed by atoms with Crippen molar-refractivity contribution >= 4 is 5.78 Å². The number of hydrogen-bond donors (Lipinski definition) is 1. The van der Waals surface area contributed by atoms with Crippen LogP contribution < -0.4 is 10.2 Å². The molecular weight excluding hydrogens is 194 g/mol. The Morgan fingerprint density at radius 1 is 1.53 bits per heavy atom. The van der Waals surface area contributed by atoms with Crippen LogP contribution in [0, 0.1) is 0 Å². The second-order valence-corrected chi connectivity index (χ2v) is 3.54. The fourth-order valence-electron chi connectivity index (χ4n) is 1.44. The molecule has 15 heavy (non-hydrogen) atoms. The predicted molar refractivity (Wildman–Crippen MR) is 54.7 cm³/mol. The highest BCUT2D eigenvalue weighted by Crippen LogP contribution is 2.27. The van der Waals surface area contributed by atoms with Gasteiger partial charge in [-0.3, -0.25) is 4.79 Å². The molecule has 1 aliphatic rings. The first-order chi connectivity index (χ1) is 7.22. The summed E-state index contributed by atoms with van der Waals surface area (Å²) in [6.45, 7) is 2.28. The molecule has 1 atom stereocenters. The molecule has 1 aromatic rings. The second-order valence-electron chi connectivity index (χ2n) is 3.54. The first-order valence-electron chi connectivity index (χ1n) is 4.86. The SMILES string of the molecule is CNC(C)C(=O)c1ccc2c(c1)OOC2. The second kappa shape index (κ2) is 4.00. The summed E-state index contributed by atoms with van der Waals surface area (Å²) < 4.78 is 0. The van der Waals surface area contributed by atoms with Crippen LogP contribution in [-0.4, -0.2) is 18.9 Å². The third-order valence-electron chi connectivity index (χ3n) is 2.54. The standard InChI is InChI=1S/C11H13NO3/c1-7(12-2)11(13)8-3-4-9-6-14-15-10(9)5-8/h3-5,7,12H,6H2,1-2H3. The summed E-state index contributed by atoms with van der Waals surface area (Å²) in [5.74, 6) is 0.694. The van der Waals surface area contributed by atoms with Crippen molar-refractivity contribution in [3.63, 3.8) is 0 Å². The summed E-state index contributed by atoms with van der Waals surface area (Å²) in [7, 11) is 1.76. The molecule has 2 rings (SSSR count). The summed E-state index contributed by atoms with van der Waals surface area (Å²) in [6.07, 6.45) is 0. The zero-order chi connectivity index (χ0) is 10.8. The fraction of sp³-hybridized carbons (Fsp3) is 0.364. The summed E-state index contributed by atoms with van der Waals surface area (Å²) in [6, 6.07) is 5.19. The van der Waals surface area contributed by atoms with Crippen LogP contribution in [-0.2, 0) is 11.5 Å². The first kappa shape index (κ1) is 10.1. The van der Waals surface area contributed by atoms with E-state index in [2.05, 4.69) is 5.32 Å². The Morgan fingerprint density at radius 3 is 3.07 bits per heavy atom. The van der Waals surface area contributed by atoms with E-state index >= 15 is 0 Å². The molecule has 0 amide bonds. The Kier molecular flexibility index (Phi) is 2.70. The Morgan fingerprint density at radius 2 is 2.33 bits per heavy atom. The van der Waals surface area contributed by atoms with E-state index in [0.29, 0.717) is 17.9 Å². The van der Waals surface area contributed by atoms with E-state index < -0.39 is 0 Å². The van der Waals surface area contributed by atoms with Crippen molar-refractivity contribution in [3.8, 4) is 5.75 Å². The minimum absolute atomic E-state index is 0.0517. The van der Waals surface area contributed by atoms with Gasteiger partial charge in [-0.1, -0.05) is 12.1 Å². The number of likely N-dealkylation sites (N-methyl/N-ethyl adjacent to an activating group) is 1. The highest BCUT2D eigenvalue weighted by atomic mass is 17.2. The Bertz CT molecular complexity index is 389. The summed E-state index contributed by atoms with van der Waals surface area (Å²) in [5, 5.41) is 2.91. The molecule has 4 nitrogen and oxygen atoms in total. The van der Waals surface area contributed by atoms with E-state index in [4.69, 9.17) is 9.78 Å². The maximum atomic E-state index is 11.8. The minimum Gasteiger partial charge on any atom is -0.337 e. The van der Waals surface area contributed by atoms with Crippen molar-refractivity contribution in [1.82, 2.24) is 5.32 Å². The van der Waals surface area contributed by atoms with E-state index in [1.807, 2.05) is 13.0 Å².